The molecule has 78 valence electrons. The van der Waals surface area contributed by atoms with Gasteiger partial charge in [-0.3, -0.25) is 0 Å². The summed E-state index contributed by atoms with van der Waals surface area (Å²) in [6.45, 7) is 2.77. The zero-order valence-electron chi connectivity index (χ0n) is 8.53. The van der Waals surface area contributed by atoms with Gasteiger partial charge in [-0.2, -0.15) is 0 Å². The van der Waals surface area contributed by atoms with Crippen molar-refractivity contribution >= 4 is 22.7 Å². The molecule has 0 aliphatic heterocycles. The van der Waals surface area contributed by atoms with Gasteiger partial charge in [0.15, 0.2) is 0 Å². The second-order valence-electron chi connectivity index (χ2n) is 3.32. The number of nitrogen functional groups attached to an aromatic ring is 1. The van der Waals surface area contributed by atoms with Crippen LogP contribution in [0.25, 0.3) is 0 Å². The van der Waals surface area contributed by atoms with E-state index >= 15 is 0 Å². The minimum Gasteiger partial charge on any atom is -0.397 e. The number of aromatic nitrogens is 1. The SMILES string of the molecule is Cc1cccc(N)c1NCc1nccs1. The molecule has 1 heterocycles. The molecule has 4 heteroatoms. The Morgan fingerprint density at radius 3 is 3.00 bits per heavy atom. The summed E-state index contributed by atoms with van der Waals surface area (Å²) < 4.78 is 0. The van der Waals surface area contributed by atoms with E-state index in [2.05, 4.69) is 10.3 Å². The van der Waals surface area contributed by atoms with Crippen LogP contribution in [-0.2, 0) is 6.54 Å². The zero-order chi connectivity index (χ0) is 10.7. The first-order valence-electron chi connectivity index (χ1n) is 4.74. The fraction of sp³-hybridized carbons (Fsp3) is 0.182. The van der Waals surface area contributed by atoms with Crippen molar-refractivity contribution in [2.75, 3.05) is 11.1 Å². The normalized spacial score (nSPS) is 10.2. The average Bonchev–Trinajstić information content (AvgIpc) is 2.70. The number of nitrogens with one attached hydrogen (secondary N) is 1. The molecule has 0 amide bonds. The first-order valence-corrected chi connectivity index (χ1v) is 5.62. The minimum absolute atomic E-state index is 0.729. The standard InChI is InChI=1S/C11H13N3S/c1-8-3-2-4-9(12)11(8)14-7-10-13-5-6-15-10/h2-6,14H,7,12H2,1H3. The number of anilines is 2. The second kappa shape index (κ2) is 4.31. The van der Waals surface area contributed by atoms with Gasteiger partial charge in [-0.05, 0) is 18.6 Å². The Hall–Kier alpha value is -1.55. The Bertz CT molecular complexity index is 417. The van der Waals surface area contributed by atoms with Crippen LogP contribution >= 0.6 is 11.3 Å². The van der Waals surface area contributed by atoms with Crippen LogP contribution < -0.4 is 11.1 Å². The van der Waals surface area contributed by atoms with Gasteiger partial charge in [-0.1, -0.05) is 12.1 Å². The molecule has 0 saturated heterocycles. The van der Waals surface area contributed by atoms with Crippen LogP contribution in [0.3, 0.4) is 0 Å². The van der Waals surface area contributed by atoms with E-state index in [1.54, 1.807) is 11.3 Å². The van der Waals surface area contributed by atoms with Crippen molar-refractivity contribution in [2.24, 2.45) is 0 Å². The number of nitrogens with two attached hydrogens (primary N) is 1. The lowest BCUT2D eigenvalue weighted by Gasteiger charge is -2.10. The van der Waals surface area contributed by atoms with Gasteiger partial charge in [0.05, 0.1) is 17.9 Å². The molecule has 0 aliphatic carbocycles. The summed E-state index contributed by atoms with van der Waals surface area (Å²) in [5, 5.41) is 6.34. The fourth-order valence-electron chi connectivity index (χ4n) is 1.44. The number of rotatable bonds is 3. The molecular formula is C11H13N3S. The first kappa shape index (κ1) is 9.98. The van der Waals surface area contributed by atoms with E-state index in [1.165, 1.54) is 0 Å². The largest absolute Gasteiger partial charge is 0.397 e. The van der Waals surface area contributed by atoms with Gasteiger partial charge in [0.2, 0.25) is 0 Å². The molecule has 0 aliphatic rings. The molecular weight excluding hydrogens is 206 g/mol. The molecule has 2 aromatic rings. The topological polar surface area (TPSA) is 50.9 Å². The van der Waals surface area contributed by atoms with E-state index in [-0.39, 0.29) is 0 Å². The van der Waals surface area contributed by atoms with E-state index in [0.29, 0.717) is 0 Å². The van der Waals surface area contributed by atoms with E-state index in [4.69, 9.17) is 5.73 Å². The highest BCUT2D eigenvalue weighted by Crippen LogP contribution is 2.23. The highest BCUT2D eigenvalue weighted by molar-refractivity contribution is 7.09. The lowest BCUT2D eigenvalue weighted by Crippen LogP contribution is -2.03. The third kappa shape index (κ3) is 2.27. The molecule has 2 rings (SSSR count). The number of hydrogen-bond donors (Lipinski definition) is 2. The van der Waals surface area contributed by atoms with E-state index in [9.17, 15) is 0 Å². The minimum atomic E-state index is 0.729. The molecule has 0 bridgehead atoms. The summed E-state index contributed by atoms with van der Waals surface area (Å²) in [4.78, 5) is 4.21. The predicted molar refractivity (Wildman–Crippen MR) is 65.0 cm³/mol. The van der Waals surface area contributed by atoms with Crippen LogP contribution in [0.4, 0.5) is 11.4 Å². The Balaban J connectivity index is 2.11. The fourth-order valence-corrected chi connectivity index (χ4v) is 1.99. The van der Waals surface area contributed by atoms with Crippen molar-refractivity contribution in [1.29, 1.82) is 0 Å². The summed E-state index contributed by atoms with van der Waals surface area (Å²) in [7, 11) is 0. The highest BCUT2D eigenvalue weighted by atomic mass is 32.1. The van der Waals surface area contributed by atoms with Gasteiger partial charge in [-0.25, -0.2) is 4.98 Å². The van der Waals surface area contributed by atoms with Crippen molar-refractivity contribution in [3.05, 3.63) is 40.3 Å². The number of thiazole rings is 1. The van der Waals surface area contributed by atoms with Gasteiger partial charge in [0.1, 0.15) is 5.01 Å². The lowest BCUT2D eigenvalue weighted by molar-refractivity contribution is 1.10. The van der Waals surface area contributed by atoms with Crippen molar-refractivity contribution in [1.82, 2.24) is 4.98 Å². The van der Waals surface area contributed by atoms with Crippen LogP contribution in [0.15, 0.2) is 29.8 Å². The van der Waals surface area contributed by atoms with Crippen LogP contribution in [-0.4, -0.2) is 4.98 Å². The molecule has 0 saturated carbocycles. The van der Waals surface area contributed by atoms with Crippen molar-refractivity contribution in [3.8, 4) is 0 Å². The molecule has 0 fully saturated rings. The van der Waals surface area contributed by atoms with Crippen molar-refractivity contribution in [2.45, 2.75) is 13.5 Å². The summed E-state index contributed by atoms with van der Waals surface area (Å²) in [6, 6.07) is 5.90. The van der Waals surface area contributed by atoms with Crippen LogP contribution in [0.2, 0.25) is 0 Å². The molecule has 0 unspecified atom stereocenters. The summed E-state index contributed by atoms with van der Waals surface area (Å²) in [5.74, 6) is 0. The number of benzene rings is 1. The van der Waals surface area contributed by atoms with Gasteiger partial charge >= 0.3 is 0 Å². The quantitative estimate of drug-likeness (QED) is 0.780. The van der Waals surface area contributed by atoms with Gasteiger partial charge in [0, 0.05) is 11.6 Å². The summed E-state index contributed by atoms with van der Waals surface area (Å²) in [5.41, 5.74) is 8.83. The third-order valence-corrected chi connectivity index (χ3v) is 2.98. The molecule has 0 spiro atoms. The maximum absolute atomic E-state index is 5.88. The molecule has 0 atom stereocenters. The summed E-state index contributed by atoms with van der Waals surface area (Å²) in [6.07, 6.45) is 1.81. The van der Waals surface area contributed by atoms with E-state index in [1.807, 2.05) is 36.7 Å². The Labute approximate surface area is 93.0 Å². The first-order chi connectivity index (χ1) is 7.27. The number of aryl methyl sites for hydroxylation is 1. The van der Waals surface area contributed by atoms with E-state index in [0.717, 1.165) is 28.5 Å². The maximum atomic E-state index is 5.88. The Morgan fingerprint density at radius 1 is 1.47 bits per heavy atom. The molecule has 1 aromatic carbocycles. The van der Waals surface area contributed by atoms with Crippen LogP contribution in [0.1, 0.15) is 10.6 Å². The number of para-hydroxylation sites is 1. The lowest BCUT2D eigenvalue weighted by atomic mass is 10.1. The maximum Gasteiger partial charge on any atom is 0.112 e. The molecule has 1 aromatic heterocycles. The van der Waals surface area contributed by atoms with E-state index < -0.39 is 0 Å². The predicted octanol–water partition coefficient (Wildman–Crippen LogP) is 2.65. The molecule has 3 N–H and O–H groups in total. The Kier molecular flexibility index (Phi) is 2.87. The highest BCUT2D eigenvalue weighted by Gasteiger charge is 2.02. The summed E-state index contributed by atoms with van der Waals surface area (Å²) >= 11 is 1.64. The van der Waals surface area contributed by atoms with Crippen molar-refractivity contribution < 1.29 is 0 Å². The number of hydrogen-bond acceptors (Lipinski definition) is 4. The van der Waals surface area contributed by atoms with Gasteiger partial charge in [0.25, 0.3) is 0 Å². The zero-order valence-corrected chi connectivity index (χ0v) is 9.34. The smallest absolute Gasteiger partial charge is 0.112 e. The van der Waals surface area contributed by atoms with Crippen LogP contribution in [0.5, 0.6) is 0 Å². The van der Waals surface area contributed by atoms with Crippen molar-refractivity contribution in [3.63, 3.8) is 0 Å². The molecule has 3 nitrogen and oxygen atoms in total. The molecule has 15 heavy (non-hydrogen) atoms. The second-order valence-corrected chi connectivity index (χ2v) is 4.30. The monoisotopic (exact) mass is 219 g/mol. The third-order valence-electron chi connectivity index (χ3n) is 2.20. The Morgan fingerprint density at radius 2 is 2.33 bits per heavy atom. The average molecular weight is 219 g/mol. The van der Waals surface area contributed by atoms with Crippen LogP contribution in [0, 0.1) is 6.92 Å². The van der Waals surface area contributed by atoms with Gasteiger partial charge < -0.3 is 11.1 Å². The molecule has 0 radical (unpaired) electrons. The number of nitrogens with zero attached hydrogens (tertiary/aromatic N) is 1. The van der Waals surface area contributed by atoms with Gasteiger partial charge in [-0.15, -0.1) is 11.3 Å².